The van der Waals surface area contributed by atoms with Crippen molar-refractivity contribution in [2.24, 2.45) is 10.4 Å². The fourth-order valence-electron chi connectivity index (χ4n) is 1.64. The summed E-state index contributed by atoms with van der Waals surface area (Å²) >= 11 is 0. The zero-order valence-corrected chi connectivity index (χ0v) is 13.9. The predicted octanol–water partition coefficient (Wildman–Crippen LogP) is 2.32. The van der Waals surface area contributed by atoms with Gasteiger partial charge in [0.25, 0.3) is 0 Å². The van der Waals surface area contributed by atoms with Gasteiger partial charge in [0.15, 0.2) is 5.96 Å². The number of carbonyl (C=O) groups is 1. The summed E-state index contributed by atoms with van der Waals surface area (Å²) in [6, 6.07) is 0.352. The molecule has 0 aliphatic carbocycles. The monoisotopic (exact) mass is 285 g/mol. The normalized spacial score (nSPS) is 13.8. The van der Waals surface area contributed by atoms with Gasteiger partial charge in [-0.2, -0.15) is 0 Å². The van der Waals surface area contributed by atoms with E-state index < -0.39 is 0 Å². The van der Waals surface area contributed by atoms with E-state index in [-0.39, 0.29) is 5.97 Å². The Bertz CT molecular complexity index is 309. The van der Waals surface area contributed by atoms with Crippen LogP contribution < -0.4 is 10.6 Å². The van der Waals surface area contributed by atoms with Crippen LogP contribution in [0.3, 0.4) is 0 Å². The van der Waals surface area contributed by atoms with Crippen LogP contribution in [0, 0.1) is 5.41 Å². The number of nitrogens with zero attached hydrogens (tertiary/aromatic N) is 1. The van der Waals surface area contributed by atoms with Crippen LogP contribution in [0.1, 0.15) is 53.9 Å². The van der Waals surface area contributed by atoms with Gasteiger partial charge >= 0.3 is 5.97 Å². The molecule has 0 saturated heterocycles. The van der Waals surface area contributed by atoms with Gasteiger partial charge in [-0.05, 0) is 32.1 Å². The largest absolute Gasteiger partial charge is 0.469 e. The summed E-state index contributed by atoms with van der Waals surface area (Å²) in [5.74, 6) is 0.531. The molecule has 20 heavy (non-hydrogen) atoms. The summed E-state index contributed by atoms with van der Waals surface area (Å²) in [7, 11) is 1.39. The number of methoxy groups -OCH3 is 1. The molecule has 0 heterocycles. The summed E-state index contributed by atoms with van der Waals surface area (Å²) < 4.78 is 4.60. The maximum Gasteiger partial charge on any atom is 0.307 e. The molecule has 0 aliphatic rings. The van der Waals surface area contributed by atoms with Crippen LogP contribution in [0.15, 0.2) is 4.99 Å². The Morgan fingerprint density at radius 3 is 2.50 bits per heavy atom. The molecular weight excluding hydrogens is 254 g/mol. The molecule has 0 spiro atoms. The van der Waals surface area contributed by atoms with Crippen LogP contribution >= 0.6 is 0 Å². The van der Waals surface area contributed by atoms with E-state index in [9.17, 15) is 4.79 Å². The summed E-state index contributed by atoms with van der Waals surface area (Å²) in [6.07, 6.45) is 2.55. The summed E-state index contributed by atoms with van der Waals surface area (Å²) in [4.78, 5) is 15.4. The first-order chi connectivity index (χ1) is 9.28. The lowest BCUT2D eigenvalue weighted by atomic mass is 9.89. The van der Waals surface area contributed by atoms with Crippen LogP contribution in [-0.2, 0) is 9.53 Å². The first kappa shape index (κ1) is 18.7. The van der Waals surface area contributed by atoms with E-state index in [2.05, 4.69) is 48.1 Å². The third-order valence-corrected chi connectivity index (χ3v) is 2.87. The molecule has 1 atom stereocenters. The SMILES string of the molecule is CCNC(=NCCC(=O)OC)NC(C)CCC(C)(C)C. The summed E-state index contributed by atoms with van der Waals surface area (Å²) in [5, 5.41) is 6.56. The molecule has 0 radical (unpaired) electrons. The molecule has 118 valence electrons. The molecule has 0 saturated carbocycles. The fraction of sp³-hybridized carbons (Fsp3) is 0.867. The number of esters is 1. The highest BCUT2D eigenvalue weighted by Crippen LogP contribution is 2.21. The Labute approximate surface area is 123 Å². The third kappa shape index (κ3) is 10.6. The number of carbonyl (C=O) groups excluding carboxylic acids is 1. The zero-order valence-electron chi connectivity index (χ0n) is 13.9. The molecule has 0 amide bonds. The van der Waals surface area contributed by atoms with Gasteiger partial charge in [-0.25, -0.2) is 0 Å². The topological polar surface area (TPSA) is 62.7 Å². The molecule has 5 heteroatoms. The van der Waals surface area contributed by atoms with Gasteiger partial charge in [0, 0.05) is 12.6 Å². The maximum absolute atomic E-state index is 11.1. The van der Waals surface area contributed by atoms with Crippen molar-refractivity contribution >= 4 is 11.9 Å². The van der Waals surface area contributed by atoms with Crippen LogP contribution in [0.5, 0.6) is 0 Å². The van der Waals surface area contributed by atoms with Crippen molar-refractivity contribution in [2.75, 3.05) is 20.2 Å². The van der Waals surface area contributed by atoms with Crippen molar-refractivity contribution in [1.29, 1.82) is 0 Å². The molecule has 0 aromatic rings. The second kappa shape index (κ2) is 9.61. The van der Waals surface area contributed by atoms with Gasteiger partial charge in [0.1, 0.15) is 0 Å². The van der Waals surface area contributed by atoms with Crippen molar-refractivity contribution in [1.82, 2.24) is 10.6 Å². The minimum atomic E-state index is -0.231. The lowest BCUT2D eigenvalue weighted by Crippen LogP contribution is -2.42. The van der Waals surface area contributed by atoms with Gasteiger partial charge in [-0.15, -0.1) is 0 Å². The van der Waals surface area contributed by atoms with Gasteiger partial charge in [-0.3, -0.25) is 9.79 Å². The van der Waals surface area contributed by atoms with Crippen molar-refractivity contribution in [3.05, 3.63) is 0 Å². The quantitative estimate of drug-likeness (QED) is 0.428. The number of hydrogen-bond acceptors (Lipinski definition) is 3. The number of hydrogen-bond donors (Lipinski definition) is 2. The number of ether oxygens (including phenoxy) is 1. The highest BCUT2D eigenvalue weighted by Gasteiger charge is 2.13. The third-order valence-electron chi connectivity index (χ3n) is 2.87. The van der Waals surface area contributed by atoms with E-state index in [0.29, 0.717) is 24.4 Å². The zero-order chi connectivity index (χ0) is 15.6. The molecule has 1 unspecified atom stereocenters. The predicted molar refractivity (Wildman–Crippen MR) is 83.9 cm³/mol. The van der Waals surface area contributed by atoms with E-state index in [1.54, 1.807) is 0 Å². The first-order valence-electron chi connectivity index (χ1n) is 7.40. The summed E-state index contributed by atoms with van der Waals surface area (Å²) in [6.45, 7) is 12.2. The average molecular weight is 285 g/mol. The van der Waals surface area contributed by atoms with Crippen LogP contribution in [0.2, 0.25) is 0 Å². The molecular formula is C15H31N3O2. The van der Waals surface area contributed by atoms with Gasteiger partial charge < -0.3 is 15.4 Å². The Morgan fingerprint density at radius 2 is 2.00 bits per heavy atom. The van der Waals surface area contributed by atoms with E-state index in [0.717, 1.165) is 25.3 Å². The number of aliphatic imine (C=N–C) groups is 1. The molecule has 0 bridgehead atoms. The van der Waals surface area contributed by atoms with Crippen molar-refractivity contribution < 1.29 is 9.53 Å². The molecule has 0 aliphatic heterocycles. The van der Waals surface area contributed by atoms with E-state index in [1.807, 2.05) is 6.92 Å². The van der Waals surface area contributed by atoms with E-state index in [4.69, 9.17) is 0 Å². The van der Waals surface area contributed by atoms with Crippen LogP contribution in [0.4, 0.5) is 0 Å². The second-order valence-electron chi connectivity index (χ2n) is 6.23. The minimum Gasteiger partial charge on any atom is -0.469 e. The molecule has 0 aromatic carbocycles. The Hall–Kier alpha value is -1.26. The average Bonchev–Trinajstić information content (AvgIpc) is 2.35. The van der Waals surface area contributed by atoms with Gasteiger partial charge in [0.05, 0.1) is 20.1 Å². The van der Waals surface area contributed by atoms with Gasteiger partial charge in [-0.1, -0.05) is 20.8 Å². The van der Waals surface area contributed by atoms with Crippen molar-refractivity contribution in [2.45, 2.75) is 59.9 Å². The Balaban J connectivity index is 4.23. The molecule has 5 nitrogen and oxygen atoms in total. The second-order valence-corrected chi connectivity index (χ2v) is 6.23. The standard InChI is InChI=1S/C15H31N3O2/c1-7-16-14(17-11-9-13(19)20-6)18-12(2)8-10-15(3,4)5/h12H,7-11H2,1-6H3,(H2,16,17,18). The highest BCUT2D eigenvalue weighted by atomic mass is 16.5. The summed E-state index contributed by atoms with van der Waals surface area (Å²) in [5.41, 5.74) is 0.344. The van der Waals surface area contributed by atoms with E-state index in [1.165, 1.54) is 7.11 Å². The molecule has 0 fully saturated rings. The Morgan fingerprint density at radius 1 is 1.35 bits per heavy atom. The lowest BCUT2D eigenvalue weighted by Gasteiger charge is -2.23. The molecule has 0 rings (SSSR count). The van der Waals surface area contributed by atoms with E-state index >= 15 is 0 Å². The first-order valence-corrected chi connectivity index (χ1v) is 7.40. The number of nitrogens with one attached hydrogen (secondary N) is 2. The Kier molecular flexibility index (Phi) is 9.01. The van der Waals surface area contributed by atoms with Crippen molar-refractivity contribution in [3.63, 3.8) is 0 Å². The van der Waals surface area contributed by atoms with Crippen LogP contribution in [0.25, 0.3) is 0 Å². The van der Waals surface area contributed by atoms with Gasteiger partial charge in [0.2, 0.25) is 0 Å². The number of rotatable bonds is 7. The molecule has 0 aromatic heterocycles. The minimum absolute atomic E-state index is 0.231. The number of guanidine groups is 1. The van der Waals surface area contributed by atoms with Crippen LogP contribution in [-0.4, -0.2) is 38.2 Å². The smallest absolute Gasteiger partial charge is 0.307 e. The highest BCUT2D eigenvalue weighted by molar-refractivity contribution is 5.80. The fourth-order valence-corrected chi connectivity index (χ4v) is 1.64. The molecule has 2 N–H and O–H groups in total. The lowest BCUT2D eigenvalue weighted by molar-refractivity contribution is -0.140. The van der Waals surface area contributed by atoms with Crippen molar-refractivity contribution in [3.8, 4) is 0 Å². The maximum atomic E-state index is 11.1.